The number of carbonyl (C=O) groups is 1. The van der Waals surface area contributed by atoms with Crippen LogP contribution in [0.2, 0.25) is 5.02 Å². The number of amides is 1. The molecule has 0 radical (unpaired) electrons. The number of aromatic nitrogens is 1. The smallest absolute Gasteiger partial charge is 0.228 e. The van der Waals surface area contributed by atoms with Crippen molar-refractivity contribution in [2.24, 2.45) is 5.92 Å². The topological polar surface area (TPSA) is 63.2 Å². The fraction of sp³-hybridized carbons (Fsp3) is 0.250. The molecule has 0 saturated heterocycles. The zero-order valence-corrected chi connectivity index (χ0v) is 13.4. The SMILES string of the molecule is COc1ccc(Nc2ccc(NC(=O)C(C)C)nc2)cc1Cl. The third kappa shape index (κ3) is 4.11. The quantitative estimate of drug-likeness (QED) is 0.871. The number of nitrogens with zero attached hydrogens (tertiary/aromatic N) is 1. The van der Waals surface area contributed by atoms with E-state index in [9.17, 15) is 4.79 Å². The molecule has 1 aromatic carbocycles. The molecule has 2 aromatic rings. The molecular formula is C16H18ClN3O2. The highest BCUT2D eigenvalue weighted by Gasteiger charge is 2.08. The van der Waals surface area contributed by atoms with Crippen LogP contribution < -0.4 is 15.4 Å². The van der Waals surface area contributed by atoms with Crippen LogP contribution in [0.4, 0.5) is 17.2 Å². The Hall–Kier alpha value is -2.27. The number of nitrogens with one attached hydrogen (secondary N) is 2. The van der Waals surface area contributed by atoms with Gasteiger partial charge >= 0.3 is 0 Å². The van der Waals surface area contributed by atoms with Gasteiger partial charge in [0.15, 0.2) is 0 Å². The van der Waals surface area contributed by atoms with E-state index in [1.165, 1.54) is 0 Å². The molecule has 5 nitrogen and oxygen atoms in total. The number of ether oxygens (including phenoxy) is 1. The van der Waals surface area contributed by atoms with Crippen molar-refractivity contribution in [3.63, 3.8) is 0 Å². The molecule has 22 heavy (non-hydrogen) atoms. The normalized spacial score (nSPS) is 10.4. The lowest BCUT2D eigenvalue weighted by molar-refractivity contribution is -0.118. The van der Waals surface area contributed by atoms with Crippen molar-refractivity contribution in [3.8, 4) is 5.75 Å². The van der Waals surface area contributed by atoms with E-state index in [1.807, 2.05) is 26.0 Å². The second-order valence-electron chi connectivity index (χ2n) is 5.05. The first kappa shape index (κ1) is 16.1. The van der Waals surface area contributed by atoms with Crippen LogP contribution in [0, 0.1) is 5.92 Å². The van der Waals surface area contributed by atoms with Crippen LogP contribution in [0.25, 0.3) is 0 Å². The molecule has 116 valence electrons. The Morgan fingerprint density at radius 3 is 2.50 bits per heavy atom. The molecule has 1 heterocycles. The molecule has 2 N–H and O–H groups in total. The van der Waals surface area contributed by atoms with Gasteiger partial charge in [0.1, 0.15) is 11.6 Å². The van der Waals surface area contributed by atoms with E-state index in [0.29, 0.717) is 16.6 Å². The monoisotopic (exact) mass is 319 g/mol. The highest BCUT2D eigenvalue weighted by atomic mass is 35.5. The minimum Gasteiger partial charge on any atom is -0.495 e. The van der Waals surface area contributed by atoms with E-state index in [1.54, 1.807) is 31.5 Å². The molecule has 1 aromatic heterocycles. The summed E-state index contributed by atoms with van der Waals surface area (Å²) in [5.41, 5.74) is 1.62. The molecule has 0 aliphatic heterocycles. The summed E-state index contributed by atoms with van der Waals surface area (Å²) < 4.78 is 5.11. The van der Waals surface area contributed by atoms with E-state index >= 15 is 0 Å². The summed E-state index contributed by atoms with van der Waals surface area (Å²) in [5.74, 6) is 1.00. The van der Waals surface area contributed by atoms with Crippen molar-refractivity contribution in [2.45, 2.75) is 13.8 Å². The summed E-state index contributed by atoms with van der Waals surface area (Å²) in [4.78, 5) is 15.8. The Kier molecular flexibility index (Phi) is 5.22. The zero-order chi connectivity index (χ0) is 16.1. The molecule has 0 unspecified atom stereocenters. The van der Waals surface area contributed by atoms with Gasteiger partial charge in [-0.15, -0.1) is 0 Å². The third-order valence-electron chi connectivity index (χ3n) is 2.98. The molecule has 2 rings (SSSR count). The van der Waals surface area contributed by atoms with Gasteiger partial charge in [-0.1, -0.05) is 25.4 Å². The average Bonchev–Trinajstić information content (AvgIpc) is 2.49. The average molecular weight is 320 g/mol. The largest absolute Gasteiger partial charge is 0.495 e. The molecule has 0 aliphatic carbocycles. The number of halogens is 1. The minimum atomic E-state index is -0.0824. The second kappa shape index (κ2) is 7.13. The maximum atomic E-state index is 11.6. The van der Waals surface area contributed by atoms with Gasteiger partial charge in [-0.2, -0.15) is 0 Å². The van der Waals surface area contributed by atoms with Crippen molar-refractivity contribution >= 4 is 34.7 Å². The van der Waals surface area contributed by atoms with Crippen LogP contribution >= 0.6 is 11.6 Å². The standard InChI is InChI=1S/C16H18ClN3O2/c1-10(2)16(21)20-15-7-5-12(9-18-15)19-11-4-6-14(22-3)13(17)8-11/h4-10,19H,1-3H3,(H,18,20,21). The maximum Gasteiger partial charge on any atom is 0.228 e. The van der Waals surface area contributed by atoms with Gasteiger partial charge in [0, 0.05) is 11.6 Å². The zero-order valence-electron chi connectivity index (χ0n) is 12.7. The van der Waals surface area contributed by atoms with Gasteiger partial charge in [-0.25, -0.2) is 4.98 Å². The van der Waals surface area contributed by atoms with E-state index in [0.717, 1.165) is 11.4 Å². The lowest BCUT2D eigenvalue weighted by Crippen LogP contribution is -2.18. The number of hydrogen-bond donors (Lipinski definition) is 2. The van der Waals surface area contributed by atoms with Gasteiger partial charge in [-0.05, 0) is 30.3 Å². The molecule has 1 amide bonds. The molecule has 0 atom stereocenters. The van der Waals surface area contributed by atoms with Crippen LogP contribution in [-0.2, 0) is 4.79 Å². The van der Waals surface area contributed by atoms with Crippen LogP contribution in [0.1, 0.15) is 13.8 Å². The number of carbonyl (C=O) groups excluding carboxylic acids is 1. The molecule has 0 saturated carbocycles. The maximum absolute atomic E-state index is 11.6. The second-order valence-corrected chi connectivity index (χ2v) is 5.46. The molecule has 0 aliphatic rings. The van der Waals surface area contributed by atoms with Crippen LogP contribution in [-0.4, -0.2) is 18.0 Å². The number of pyridine rings is 1. The van der Waals surface area contributed by atoms with Crippen LogP contribution in [0.5, 0.6) is 5.75 Å². The van der Waals surface area contributed by atoms with Gasteiger partial charge in [0.2, 0.25) is 5.91 Å². The Morgan fingerprint density at radius 2 is 1.95 bits per heavy atom. The Bertz CT molecular complexity index is 657. The number of rotatable bonds is 5. The lowest BCUT2D eigenvalue weighted by Gasteiger charge is -2.10. The fourth-order valence-corrected chi connectivity index (χ4v) is 1.98. The summed E-state index contributed by atoms with van der Waals surface area (Å²) in [7, 11) is 1.57. The van der Waals surface area contributed by atoms with Crippen molar-refractivity contribution in [2.75, 3.05) is 17.7 Å². The summed E-state index contributed by atoms with van der Waals surface area (Å²) in [6.45, 7) is 3.66. The van der Waals surface area contributed by atoms with E-state index in [4.69, 9.17) is 16.3 Å². The van der Waals surface area contributed by atoms with Crippen molar-refractivity contribution < 1.29 is 9.53 Å². The molecular weight excluding hydrogens is 302 g/mol. The van der Waals surface area contributed by atoms with Crippen molar-refractivity contribution in [1.82, 2.24) is 4.98 Å². The summed E-state index contributed by atoms with van der Waals surface area (Å²) >= 11 is 6.08. The predicted octanol–water partition coefficient (Wildman–Crippen LogP) is 4.08. The number of anilines is 3. The summed E-state index contributed by atoms with van der Waals surface area (Å²) in [5, 5.41) is 6.45. The number of benzene rings is 1. The first-order valence-electron chi connectivity index (χ1n) is 6.87. The van der Waals surface area contributed by atoms with E-state index in [2.05, 4.69) is 15.6 Å². The highest BCUT2D eigenvalue weighted by Crippen LogP contribution is 2.28. The predicted molar refractivity (Wildman–Crippen MR) is 89.0 cm³/mol. The van der Waals surface area contributed by atoms with E-state index in [-0.39, 0.29) is 11.8 Å². The summed E-state index contributed by atoms with van der Waals surface area (Å²) in [6, 6.07) is 9.00. The minimum absolute atomic E-state index is 0.0601. The van der Waals surface area contributed by atoms with Crippen LogP contribution in [0.15, 0.2) is 36.5 Å². The Balaban J connectivity index is 2.05. The lowest BCUT2D eigenvalue weighted by atomic mass is 10.2. The van der Waals surface area contributed by atoms with E-state index < -0.39 is 0 Å². The molecule has 6 heteroatoms. The first-order valence-corrected chi connectivity index (χ1v) is 7.25. The van der Waals surface area contributed by atoms with Gasteiger partial charge < -0.3 is 15.4 Å². The third-order valence-corrected chi connectivity index (χ3v) is 3.27. The van der Waals surface area contributed by atoms with Crippen molar-refractivity contribution in [3.05, 3.63) is 41.6 Å². The first-order chi connectivity index (χ1) is 10.5. The molecule has 0 spiro atoms. The number of hydrogen-bond acceptors (Lipinski definition) is 4. The molecule has 0 bridgehead atoms. The highest BCUT2D eigenvalue weighted by molar-refractivity contribution is 6.32. The van der Waals surface area contributed by atoms with Gasteiger partial charge in [0.05, 0.1) is 24.0 Å². The Morgan fingerprint density at radius 1 is 1.23 bits per heavy atom. The Labute approximate surface area is 134 Å². The number of methoxy groups -OCH3 is 1. The van der Waals surface area contributed by atoms with Crippen LogP contribution in [0.3, 0.4) is 0 Å². The van der Waals surface area contributed by atoms with Gasteiger partial charge in [0.25, 0.3) is 0 Å². The van der Waals surface area contributed by atoms with Gasteiger partial charge in [-0.3, -0.25) is 4.79 Å². The summed E-state index contributed by atoms with van der Waals surface area (Å²) in [6.07, 6.45) is 1.65. The fourth-order valence-electron chi connectivity index (χ4n) is 1.72. The molecule has 0 fully saturated rings. The van der Waals surface area contributed by atoms with Crippen molar-refractivity contribution in [1.29, 1.82) is 0 Å².